The first-order valence-electron chi connectivity index (χ1n) is 11.8. The number of hydrogen-bond acceptors (Lipinski definition) is 8. The monoisotopic (exact) mass is 521 g/mol. The molecule has 37 heavy (non-hydrogen) atoms. The van der Waals surface area contributed by atoms with Gasteiger partial charge >= 0.3 is 12.1 Å². The standard InChI is InChI=1S/C22H29N7O.C2HF3O2/c1-4-5-12-22(25-26-22)13-14-23-21(2,15-17-6-7-17)20-24-27-28-29(20)16-18-8-10-19(30-3)11-9-18;3-2(4,5)1(6)7/h1,8-11,17,23H,5-7,12-16H2,2-3H3;(H,6,7). The van der Waals surface area contributed by atoms with Gasteiger partial charge in [0.2, 0.25) is 0 Å². The summed E-state index contributed by atoms with van der Waals surface area (Å²) >= 11 is 0. The van der Waals surface area contributed by atoms with Gasteiger partial charge in [0.1, 0.15) is 5.75 Å². The zero-order chi connectivity index (χ0) is 27.1. The summed E-state index contributed by atoms with van der Waals surface area (Å²) in [6.45, 7) is 3.61. The van der Waals surface area contributed by atoms with Gasteiger partial charge in [0.05, 0.1) is 19.2 Å². The van der Waals surface area contributed by atoms with Crippen molar-refractivity contribution in [3.8, 4) is 18.1 Å². The van der Waals surface area contributed by atoms with Gasteiger partial charge in [-0.2, -0.15) is 23.4 Å². The van der Waals surface area contributed by atoms with Gasteiger partial charge in [-0.1, -0.05) is 25.0 Å². The maximum atomic E-state index is 10.6. The summed E-state index contributed by atoms with van der Waals surface area (Å²) in [5.74, 6) is 2.36. The molecule has 0 saturated heterocycles. The minimum atomic E-state index is -5.08. The van der Waals surface area contributed by atoms with Crippen molar-refractivity contribution in [2.45, 2.75) is 69.4 Å². The summed E-state index contributed by atoms with van der Waals surface area (Å²) in [6, 6.07) is 8.00. The molecule has 1 fully saturated rings. The quantitative estimate of drug-likeness (QED) is 0.405. The van der Waals surface area contributed by atoms with Gasteiger partial charge in [-0.3, -0.25) is 0 Å². The highest BCUT2D eigenvalue weighted by molar-refractivity contribution is 5.73. The SMILES string of the molecule is C#CCCC1(CCNC(C)(CC2CC2)c2nnnn2Cc2ccc(OC)cc2)N=N1.O=C(O)C(F)(F)F. The van der Waals surface area contributed by atoms with E-state index < -0.39 is 12.1 Å². The van der Waals surface area contributed by atoms with E-state index in [0.717, 1.165) is 48.9 Å². The number of rotatable bonds is 12. The summed E-state index contributed by atoms with van der Waals surface area (Å²) in [4.78, 5) is 8.90. The third-order valence-corrected chi connectivity index (χ3v) is 6.25. The van der Waals surface area contributed by atoms with Crippen LogP contribution in [0.15, 0.2) is 34.5 Å². The highest BCUT2D eigenvalue weighted by Crippen LogP contribution is 2.41. The molecule has 1 aliphatic carbocycles. The Morgan fingerprint density at radius 1 is 1.27 bits per heavy atom. The van der Waals surface area contributed by atoms with Gasteiger partial charge in [-0.15, -0.1) is 17.4 Å². The maximum absolute atomic E-state index is 10.6. The summed E-state index contributed by atoms with van der Waals surface area (Å²) in [5.41, 5.74) is 0.538. The van der Waals surface area contributed by atoms with Crippen molar-refractivity contribution in [3.63, 3.8) is 0 Å². The largest absolute Gasteiger partial charge is 0.497 e. The Hall–Kier alpha value is -3.53. The lowest BCUT2D eigenvalue weighted by molar-refractivity contribution is -0.192. The molecule has 0 amide bonds. The van der Waals surface area contributed by atoms with Crippen molar-refractivity contribution < 1.29 is 27.8 Å². The number of benzene rings is 1. The number of carbonyl (C=O) groups is 1. The van der Waals surface area contributed by atoms with Gasteiger partial charge in [0.25, 0.3) is 0 Å². The molecule has 10 nitrogen and oxygen atoms in total. The Morgan fingerprint density at radius 2 is 1.92 bits per heavy atom. The molecule has 1 aromatic carbocycles. The van der Waals surface area contributed by atoms with Crippen LogP contribution in [0.5, 0.6) is 5.75 Å². The Labute approximate surface area is 212 Å². The molecular formula is C24H30F3N7O3. The molecule has 0 radical (unpaired) electrons. The fraction of sp³-hybridized carbons (Fsp3) is 0.583. The van der Waals surface area contributed by atoms with E-state index in [-0.39, 0.29) is 11.2 Å². The molecule has 2 heterocycles. The first-order chi connectivity index (χ1) is 17.5. The van der Waals surface area contributed by atoms with E-state index in [0.29, 0.717) is 13.0 Å². The predicted molar refractivity (Wildman–Crippen MR) is 127 cm³/mol. The average molecular weight is 522 g/mol. The van der Waals surface area contributed by atoms with E-state index in [9.17, 15) is 13.2 Å². The van der Waals surface area contributed by atoms with Crippen molar-refractivity contribution >= 4 is 5.97 Å². The lowest BCUT2D eigenvalue weighted by atomic mass is 9.92. The molecule has 0 bridgehead atoms. The van der Waals surface area contributed by atoms with E-state index >= 15 is 0 Å². The number of methoxy groups -OCH3 is 1. The van der Waals surface area contributed by atoms with Gasteiger partial charge in [-0.05, 0) is 47.4 Å². The number of nitrogens with zero attached hydrogens (tertiary/aromatic N) is 6. The number of terminal acetylenes is 1. The normalized spacial score (nSPS) is 17.2. The molecule has 13 heteroatoms. The van der Waals surface area contributed by atoms with Crippen LogP contribution in [0.25, 0.3) is 0 Å². The van der Waals surface area contributed by atoms with Crippen LogP contribution in [0.2, 0.25) is 0 Å². The van der Waals surface area contributed by atoms with Crippen LogP contribution in [0, 0.1) is 18.3 Å². The summed E-state index contributed by atoms with van der Waals surface area (Å²) < 4.78 is 38.9. The van der Waals surface area contributed by atoms with Crippen LogP contribution < -0.4 is 10.1 Å². The number of carboxylic acids is 1. The fourth-order valence-corrected chi connectivity index (χ4v) is 3.96. The lowest BCUT2D eigenvalue weighted by Crippen LogP contribution is -2.44. The molecule has 2 aliphatic rings. The number of tetrazole rings is 1. The lowest BCUT2D eigenvalue weighted by Gasteiger charge is -2.30. The average Bonchev–Trinajstić information content (AvgIpc) is 3.77. The molecule has 1 saturated carbocycles. The van der Waals surface area contributed by atoms with Crippen LogP contribution in [0.3, 0.4) is 0 Å². The number of aliphatic carboxylic acids is 1. The third-order valence-electron chi connectivity index (χ3n) is 6.25. The van der Waals surface area contributed by atoms with Crippen LogP contribution in [0.4, 0.5) is 13.2 Å². The molecular weight excluding hydrogens is 491 g/mol. The molecule has 1 unspecified atom stereocenters. The van der Waals surface area contributed by atoms with E-state index in [4.69, 9.17) is 21.1 Å². The number of halogens is 3. The van der Waals surface area contributed by atoms with Crippen molar-refractivity contribution in [1.29, 1.82) is 0 Å². The van der Waals surface area contributed by atoms with E-state index in [2.05, 4.69) is 43.9 Å². The molecule has 1 aromatic heterocycles. The fourth-order valence-electron chi connectivity index (χ4n) is 3.96. The van der Waals surface area contributed by atoms with E-state index in [1.165, 1.54) is 12.8 Å². The van der Waals surface area contributed by atoms with Gasteiger partial charge in [0, 0.05) is 25.8 Å². The van der Waals surface area contributed by atoms with Crippen molar-refractivity contribution in [3.05, 3.63) is 35.7 Å². The van der Waals surface area contributed by atoms with Crippen LogP contribution in [-0.4, -0.2) is 56.8 Å². The Morgan fingerprint density at radius 3 is 2.43 bits per heavy atom. The zero-order valence-electron chi connectivity index (χ0n) is 20.7. The molecule has 2 N–H and O–H groups in total. The third kappa shape index (κ3) is 8.24. The molecule has 1 atom stereocenters. The molecule has 1 aliphatic heterocycles. The molecule has 2 aromatic rings. The number of nitrogens with one attached hydrogen (secondary N) is 1. The minimum Gasteiger partial charge on any atom is -0.497 e. The van der Waals surface area contributed by atoms with E-state index in [1.54, 1.807) is 7.11 Å². The first-order valence-corrected chi connectivity index (χ1v) is 11.8. The first kappa shape index (κ1) is 28.0. The summed E-state index contributed by atoms with van der Waals surface area (Å²) in [7, 11) is 1.67. The summed E-state index contributed by atoms with van der Waals surface area (Å²) in [5, 5.41) is 32.1. The maximum Gasteiger partial charge on any atom is 0.490 e. The number of aromatic nitrogens is 4. The van der Waals surface area contributed by atoms with Crippen molar-refractivity contribution in [1.82, 2.24) is 25.5 Å². The smallest absolute Gasteiger partial charge is 0.490 e. The van der Waals surface area contributed by atoms with Crippen LogP contribution in [0.1, 0.15) is 56.8 Å². The number of ether oxygens (including phenoxy) is 1. The Balaban J connectivity index is 0.000000479. The second-order valence-electron chi connectivity index (χ2n) is 9.35. The zero-order valence-corrected chi connectivity index (χ0v) is 20.7. The summed E-state index contributed by atoms with van der Waals surface area (Å²) in [6.07, 6.45) is 6.24. The number of hydrogen-bond donors (Lipinski definition) is 2. The highest BCUT2D eigenvalue weighted by atomic mass is 19.4. The molecule has 4 rings (SSSR count). The van der Waals surface area contributed by atoms with E-state index in [1.807, 2.05) is 28.9 Å². The predicted octanol–water partition coefficient (Wildman–Crippen LogP) is 3.93. The highest BCUT2D eigenvalue weighted by Gasteiger charge is 2.42. The minimum absolute atomic E-state index is 0.283. The Kier molecular flexibility index (Phi) is 8.85. The van der Waals surface area contributed by atoms with Gasteiger partial charge in [-0.25, -0.2) is 9.48 Å². The number of alkyl halides is 3. The van der Waals surface area contributed by atoms with Crippen LogP contribution >= 0.6 is 0 Å². The molecule has 0 spiro atoms. The second-order valence-corrected chi connectivity index (χ2v) is 9.35. The van der Waals surface area contributed by atoms with Crippen LogP contribution in [-0.2, 0) is 16.9 Å². The van der Waals surface area contributed by atoms with Crippen molar-refractivity contribution in [2.24, 2.45) is 16.1 Å². The van der Waals surface area contributed by atoms with Gasteiger partial charge in [0.15, 0.2) is 11.5 Å². The topological polar surface area (TPSA) is 127 Å². The Bertz CT molecular complexity index is 1120. The van der Waals surface area contributed by atoms with Gasteiger partial charge < -0.3 is 15.2 Å². The van der Waals surface area contributed by atoms with Crippen molar-refractivity contribution in [2.75, 3.05) is 13.7 Å². The second kappa shape index (κ2) is 11.7. The number of carboxylic acid groups (broad SMARTS) is 1. The molecule has 200 valence electrons.